The van der Waals surface area contributed by atoms with E-state index in [0.29, 0.717) is 41.4 Å². The molecule has 12 heteroatoms. The molecule has 0 saturated carbocycles. The Balaban J connectivity index is 1.79. The lowest BCUT2D eigenvalue weighted by molar-refractivity contribution is -0.139. The van der Waals surface area contributed by atoms with Crippen LogP contribution in [0.15, 0.2) is 41.3 Å². The maximum atomic E-state index is 15.7. The lowest BCUT2D eigenvalue weighted by Gasteiger charge is -2.37. The predicted molar refractivity (Wildman–Crippen MR) is 168 cm³/mol. The Morgan fingerprint density at radius 3 is 2.15 bits per heavy atom. The first kappa shape index (κ1) is 35.8. The summed E-state index contributed by atoms with van der Waals surface area (Å²) in [5.41, 5.74) is 0.0832. The second-order valence-electron chi connectivity index (χ2n) is 13.2. The van der Waals surface area contributed by atoms with E-state index in [1.54, 1.807) is 33.8 Å². The number of nitrogens with one attached hydrogen (secondary N) is 1. The largest absolute Gasteiger partial charge is 0.481 e. The number of pyridine rings is 1. The summed E-state index contributed by atoms with van der Waals surface area (Å²) in [6.07, 6.45) is -4.32. The summed E-state index contributed by atoms with van der Waals surface area (Å²) in [6.45, 7) is 9.59. The molecule has 2 heterocycles. The minimum atomic E-state index is -4.78. The van der Waals surface area contributed by atoms with Gasteiger partial charge in [0.2, 0.25) is 5.91 Å². The molecule has 0 aliphatic carbocycles. The highest BCUT2D eigenvalue weighted by atomic mass is 19.4. The number of aliphatic carboxylic acids is 1. The Bertz CT molecular complexity index is 1700. The number of carboxylic acids is 1. The average Bonchev–Trinajstić information content (AvgIpc) is 2.91. The fraction of sp³-hybridized carbons (Fsp3) is 0.457. The summed E-state index contributed by atoms with van der Waals surface area (Å²) in [7, 11) is 1.85. The van der Waals surface area contributed by atoms with Crippen molar-refractivity contribution >= 4 is 11.9 Å². The average molecular weight is 662 g/mol. The van der Waals surface area contributed by atoms with Crippen LogP contribution >= 0.6 is 0 Å². The number of likely N-dealkylation sites (tertiary alicyclic amines) is 1. The summed E-state index contributed by atoms with van der Waals surface area (Å²) in [5, 5.41) is 12.4. The van der Waals surface area contributed by atoms with Gasteiger partial charge in [0.05, 0.1) is 18.0 Å². The van der Waals surface area contributed by atoms with Crippen molar-refractivity contribution in [2.45, 2.75) is 72.1 Å². The van der Waals surface area contributed by atoms with E-state index in [0.717, 1.165) is 10.8 Å². The third-order valence-electron chi connectivity index (χ3n) is 8.59. The third-order valence-corrected chi connectivity index (χ3v) is 8.59. The zero-order valence-electron chi connectivity index (χ0n) is 27.3. The summed E-state index contributed by atoms with van der Waals surface area (Å²) >= 11 is 0. The Hall–Kier alpha value is -4.06. The van der Waals surface area contributed by atoms with Gasteiger partial charge in [0.15, 0.2) is 0 Å². The van der Waals surface area contributed by atoms with E-state index >= 15 is 4.39 Å². The summed E-state index contributed by atoms with van der Waals surface area (Å²) in [6, 6.07) is 3.42. The van der Waals surface area contributed by atoms with Gasteiger partial charge in [0, 0.05) is 30.9 Å². The molecule has 0 spiro atoms. The number of amides is 1. The molecular formula is C35H40F5N3O4. The van der Waals surface area contributed by atoms with E-state index in [2.05, 4.69) is 5.32 Å². The summed E-state index contributed by atoms with van der Waals surface area (Å²) < 4.78 is 72.8. The number of carbonyl (C=O) groups excluding carboxylic acids is 1. The molecular weight excluding hydrogens is 621 g/mol. The second-order valence-corrected chi connectivity index (χ2v) is 13.2. The van der Waals surface area contributed by atoms with Gasteiger partial charge >= 0.3 is 12.1 Å². The molecule has 2 aromatic carbocycles. The number of aromatic nitrogens is 1. The van der Waals surface area contributed by atoms with Crippen molar-refractivity contribution in [1.29, 1.82) is 0 Å². The molecule has 1 saturated heterocycles. The normalized spacial score (nSPS) is 15.4. The monoisotopic (exact) mass is 661 g/mol. The number of benzene rings is 2. The molecule has 1 amide bonds. The van der Waals surface area contributed by atoms with E-state index in [1.165, 1.54) is 25.1 Å². The predicted octanol–water partition coefficient (Wildman–Crippen LogP) is 6.76. The van der Waals surface area contributed by atoms with Crippen molar-refractivity contribution in [3.05, 3.63) is 91.9 Å². The van der Waals surface area contributed by atoms with Gasteiger partial charge in [-0.2, -0.15) is 13.2 Å². The smallest absolute Gasteiger partial charge is 0.416 e. The van der Waals surface area contributed by atoms with E-state index in [9.17, 15) is 37.1 Å². The molecule has 1 aromatic heterocycles. The van der Waals surface area contributed by atoms with Crippen LogP contribution in [0.4, 0.5) is 22.0 Å². The van der Waals surface area contributed by atoms with E-state index in [4.69, 9.17) is 0 Å². The lowest BCUT2D eigenvalue weighted by atomic mass is 9.90. The summed E-state index contributed by atoms with van der Waals surface area (Å²) in [4.78, 5) is 41.1. The topological polar surface area (TPSA) is 91.6 Å². The van der Waals surface area contributed by atoms with Crippen LogP contribution in [0.3, 0.4) is 0 Å². The molecule has 254 valence electrons. The quantitative estimate of drug-likeness (QED) is 0.222. The molecule has 7 nitrogen and oxygen atoms in total. The van der Waals surface area contributed by atoms with Crippen molar-refractivity contribution in [3.63, 3.8) is 0 Å². The van der Waals surface area contributed by atoms with Crippen LogP contribution in [0, 0.1) is 44.2 Å². The zero-order chi connectivity index (χ0) is 35.0. The standard InChI is InChI=1S/C35H40F5N3O4/c1-18(2)7-29(43-17-24(11-22-15-42(6)16-22)27(13-30(43)44)35(38,39)40)34(47)41-28(14-31(45)46)26-12-23(8-21(5)33(26)37)32-19(3)9-25(36)10-20(32)4/h8-10,12-13,17-18,22,28-29H,7,11,14-16H2,1-6H3,(H,41,47)(H,45,46)/t28-,29-/m0/s1. The van der Waals surface area contributed by atoms with Gasteiger partial charge in [-0.25, -0.2) is 8.78 Å². The van der Waals surface area contributed by atoms with Crippen LogP contribution in [0.5, 0.6) is 0 Å². The molecule has 3 aromatic rings. The molecule has 4 rings (SSSR count). The SMILES string of the molecule is Cc1cc(-c2c(C)cc(F)cc2C)cc([C@H](CC(=O)O)NC(=O)[C@H](CC(C)C)n2cc(CC3CN(C)C3)c(C(F)(F)F)cc2=O)c1F. The van der Waals surface area contributed by atoms with Crippen LogP contribution in [-0.4, -0.2) is 46.6 Å². The van der Waals surface area contributed by atoms with Crippen molar-refractivity contribution in [2.24, 2.45) is 11.8 Å². The molecule has 0 unspecified atom stereocenters. The number of hydrogen-bond acceptors (Lipinski definition) is 4. The molecule has 47 heavy (non-hydrogen) atoms. The molecule has 0 radical (unpaired) electrons. The van der Waals surface area contributed by atoms with Gasteiger partial charge < -0.3 is 19.9 Å². The Kier molecular flexibility index (Phi) is 10.6. The number of aryl methyl sites for hydroxylation is 3. The van der Waals surface area contributed by atoms with Crippen LogP contribution in [0.1, 0.15) is 72.2 Å². The van der Waals surface area contributed by atoms with E-state index in [1.807, 2.05) is 11.9 Å². The number of carbonyl (C=O) groups is 2. The Labute approximate surface area is 270 Å². The lowest BCUT2D eigenvalue weighted by Crippen LogP contribution is -2.45. The highest BCUT2D eigenvalue weighted by molar-refractivity contribution is 5.82. The fourth-order valence-electron chi connectivity index (χ4n) is 6.57. The number of halogens is 5. The van der Waals surface area contributed by atoms with Gasteiger partial charge in [-0.3, -0.25) is 14.4 Å². The number of rotatable bonds is 11. The minimum Gasteiger partial charge on any atom is -0.481 e. The third kappa shape index (κ3) is 8.27. The van der Waals surface area contributed by atoms with Gasteiger partial charge in [-0.15, -0.1) is 0 Å². The van der Waals surface area contributed by atoms with Crippen molar-refractivity contribution in [3.8, 4) is 11.1 Å². The Morgan fingerprint density at radius 2 is 1.62 bits per heavy atom. The first-order valence-corrected chi connectivity index (χ1v) is 15.5. The molecule has 1 aliphatic rings. The fourth-order valence-corrected chi connectivity index (χ4v) is 6.57. The first-order valence-electron chi connectivity index (χ1n) is 15.5. The summed E-state index contributed by atoms with van der Waals surface area (Å²) in [5.74, 6) is -3.64. The van der Waals surface area contributed by atoms with Crippen LogP contribution in [0.2, 0.25) is 0 Å². The zero-order valence-corrected chi connectivity index (χ0v) is 27.3. The maximum absolute atomic E-state index is 15.7. The molecule has 2 atom stereocenters. The first-order chi connectivity index (χ1) is 21.8. The highest BCUT2D eigenvalue weighted by Crippen LogP contribution is 2.36. The number of carboxylic acid groups (broad SMARTS) is 1. The van der Waals surface area contributed by atoms with Gasteiger partial charge in [0.1, 0.15) is 17.7 Å². The molecule has 2 N–H and O–H groups in total. The molecule has 1 aliphatic heterocycles. The Morgan fingerprint density at radius 1 is 1.00 bits per heavy atom. The maximum Gasteiger partial charge on any atom is 0.416 e. The van der Waals surface area contributed by atoms with E-state index < -0.39 is 59.3 Å². The van der Waals surface area contributed by atoms with Crippen molar-refractivity contribution in [2.75, 3.05) is 20.1 Å². The highest BCUT2D eigenvalue weighted by Gasteiger charge is 2.37. The van der Waals surface area contributed by atoms with Crippen LogP contribution in [-0.2, 0) is 22.2 Å². The van der Waals surface area contributed by atoms with Crippen LogP contribution in [0.25, 0.3) is 11.1 Å². The number of alkyl halides is 3. The molecule has 0 bridgehead atoms. The van der Waals surface area contributed by atoms with Crippen molar-refractivity contribution < 1.29 is 36.6 Å². The number of nitrogens with zero attached hydrogens (tertiary/aromatic N) is 2. The second kappa shape index (κ2) is 14.0. The minimum absolute atomic E-state index is 0.0397. The van der Waals surface area contributed by atoms with Crippen molar-refractivity contribution in [1.82, 2.24) is 14.8 Å². The molecule has 1 fully saturated rings. The van der Waals surface area contributed by atoms with Gasteiger partial charge in [-0.1, -0.05) is 13.8 Å². The van der Waals surface area contributed by atoms with E-state index in [-0.39, 0.29) is 41.4 Å². The van der Waals surface area contributed by atoms with Gasteiger partial charge in [0.25, 0.3) is 5.56 Å². The number of hydrogen-bond donors (Lipinski definition) is 2. The van der Waals surface area contributed by atoms with Crippen LogP contribution < -0.4 is 10.9 Å². The van der Waals surface area contributed by atoms with Gasteiger partial charge in [-0.05, 0) is 110 Å².